The van der Waals surface area contributed by atoms with Crippen molar-refractivity contribution in [2.45, 2.75) is 6.92 Å². The number of ether oxygens (including phenoxy) is 2. The van der Waals surface area contributed by atoms with Crippen LogP contribution in [0.1, 0.15) is 6.92 Å². The number of thiazole rings is 2. The van der Waals surface area contributed by atoms with Gasteiger partial charge < -0.3 is 19.3 Å². The number of para-hydroxylation sites is 1. The third kappa shape index (κ3) is 3.47. The van der Waals surface area contributed by atoms with Crippen LogP contribution >= 0.6 is 22.7 Å². The maximum Gasteiger partial charge on any atom is 0.186 e. The predicted molar refractivity (Wildman–Crippen MR) is 121 cm³/mol. The van der Waals surface area contributed by atoms with Gasteiger partial charge in [0.25, 0.3) is 0 Å². The van der Waals surface area contributed by atoms with Gasteiger partial charge in [-0.25, -0.2) is 9.97 Å². The van der Waals surface area contributed by atoms with Crippen molar-refractivity contribution >= 4 is 53.4 Å². The van der Waals surface area contributed by atoms with Crippen molar-refractivity contribution in [1.29, 1.82) is 0 Å². The quantitative estimate of drug-likeness (QED) is 0.463. The molecular formula is C21H22N4O2S2. The summed E-state index contributed by atoms with van der Waals surface area (Å²) in [4.78, 5) is 14.4. The van der Waals surface area contributed by atoms with E-state index in [0.29, 0.717) is 6.61 Å². The van der Waals surface area contributed by atoms with Crippen molar-refractivity contribution in [2.75, 3.05) is 49.7 Å². The third-order valence-corrected chi connectivity index (χ3v) is 7.24. The lowest BCUT2D eigenvalue weighted by Crippen LogP contribution is -2.46. The highest BCUT2D eigenvalue weighted by molar-refractivity contribution is 7.22. The molecule has 0 saturated carbocycles. The molecule has 1 aliphatic rings. The Bertz CT molecular complexity index is 1150. The average Bonchev–Trinajstić information content (AvgIpc) is 3.38. The number of aromatic nitrogens is 2. The zero-order valence-electron chi connectivity index (χ0n) is 16.4. The lowest BCUT2D eigenvalue weighted by molar-refractivity contribution is 0.344. The molecule has 1 fully saturated rings. The Morgan fingerprint density at radius 3 is 2.38 bits per heavy atom. The van der Waals surface area contributed by atoms with Crippen LogP contribution in [-0.4, -0.2) is 49.9 Å². The van der Waals surface area contributed by atoms with Crippen LogP contribution in [-0.2, 0) is 0 Å². The summed E-state index contributed by atoms with van der Waals surface area (Å²) in [6.45, 7) is 6.39. The van der Waals surface area contributed by atoms with E-state index in [1.165, 1.54) is 4.70 Å². The molecule has 2 aromatic heterocycles. The first kappa shape index (κ1) is 18.4. The van der Waals surface area contributed by atoms with Gasteiger partial charge in [0, 0.05) is 26.2 Å². The van der Waals surface area contributed by atoms with E-state index in [1.807, 2.05) is 31.2 Å². The van der Waals surface area contributed by atoms with Crippen LogP contribution in [0.2, 0.25) is 0 Å². The molecule has 5 rings (SSSR count). The van der Waals surface area contributed by atoms with E-state index in [9.17, 15) is 0 Å². The fraction of sp³-hybridized carbons (Fsp3) is 0.333. The highest BCUT2D eigenvalue weighted by Crippen LogP contribution is 2.36. The van der Waals surface area contributed by atoms with Crippen LogP contribution in [0.5, 0.6) is 11.5 Å². The van der Waals surface area contributed by atoms with Gasteiger partial charge in [0.2, 0.25) is 0 Å². The number of piperazine rings is 1. The van der Waals surface area contributed by atoms with Crippen LogP contribution in [0, 0.1) is 0 Å². The van der Waals surface area contributed by atoms with Crippen molar-refractivity contribution in [3.63, 3.8) is 0 Å². The monoisotopic (exact) mass is 426 g/mol. The fourth-order valence-corrected chi connectivity index (χ4v) is 5.64. The van der Waals surface area contributed by atoms with E-state index < -0.39 is 0 Å². The highest BCUT2D eigenvalue weighted by Gasteiger charge is 2.23. The van der Waals surface area contributed by atoms with Gasteiger partial charge in [-0.2, -0.15) is 0 Å². The summed E-state index contributed by atoms with van der Waals surface area (Å²) in [5.41, 5.74) is 2.00. The molecule has 29 heavy (non-hydrogen) atoms. The predicted octanol–water partition coefficient (Wildman–Crippen LogP) is 4.64. The van der Waals surface area contributed by atoms with Crippen LogP contribution in [0.4, 0.5) is 10.3 Å². The molecule has 6 nitrogen and oxygen atoms in total. The Morgan fingerprint density at radius 1 is 0.931 bits per heavy atom. The van der Waals surface area contributed by atoms with E-state index in [1.54, 1.807) is 29.8 Å². The molecule has 3 heterocycles. The smallest absolute Gasteiger partial charge is 0.186 e. The lowest BCUT2D eigenvalue weighted by Gasteiger charge is -2.34. The minimum atomic E-state index is 0.651. The molecule has 4 aromatic rings. The molecule has 1 aliphatic heterocycles. The maximum absolute atomic E-state index is 5.74. The van der Waals surface area contributed by atoms with Gasteiger partial charge in [0.05, 0.1) is 28.6 Å². The van der Waals surface area contributed by atoms with Crippen molar-refractivity contribution in [2.24, 2.45) is 0 Å². The van der Waals surface area contributed by atoms with Gasteiger partial charge in [-0.3, -0.25) is 0 Å². The summed E-state index contributed by atoms with van der Waals surface area (Å²) in [6, 6.07) is 12.2. The van der Waals surface area contributed by atoms with Gasteiger partial charge in [-0.05, 0) is 37.3 Å². The van der Waals surface area contributed by atoms with E-state index in [-0.39, 0.29) is 0 Å². The number of methoxy groups -OCH3 is 1. The molecular weight excluding hydrogens is 404 g/mol. The number of hydrogen-bond acceptors (Lipinski definition) is 8. The number of rotatable bonds is 5. The molecule has 0 amide bonds. The van der Waals surface area contributed by atoms with E-state index >= 15 is 0 Å². The molecule has 2 aromatic carbocycles. The molecule has 0 N–H and O–H groups in total. The van der Waals surface area contributed by atoms with Gasteiger partial charge in [-0.15, -0.1) is 0 Å². The number of anilines is 2. The van der Waals surface area contributed by atoms with Gasteiger partial charge in [-0.1, -0.05) is 28.7 Å². The van der Waals surface area contributed by atoms with Gasteiger partial charge in [0.1, 0.15) is 17.0 Å². The lowest BCUT2D eigenvalue weighted by atomic mass is 10.3. The second-order valence-corrected chi connectivity index (χ2v) is 8.85. The standard InChI is InChI=1S/C21H22N4O2S2/c1-3-27-16-5-4-6-17-19(16)23-21(28-17)25-11-9-24(10-12-25)20-22-15-8-7-14(26-2)13-18(15)29-20/h4-8,13H,3,9-12H2,1-2H3. The zero-order valence-corrected chi connectivity index (χ0v) is 18.1. The van der Waals surface area contributed by atoms with Crippen LogP contribution in [0.3, 0.4) is 0 Å². The van der Waals surface area contributed by atoms with Crippen LogP contribution in [0.15, 0.2) is 36.4 Å². The maximum atomic E-state index is 5.74. The number of benzene rings is 2. The second kappa shape index (κ2) is 7.68. The second-order valence-electron chi connectivity index (χ2n) is 6.84. The highest BCUT2D eigenvalue weighted by atomic mass is 32.1. The van der Waals surface area contributed by atoms with Gasteiger partial charge in [0.15, 0.2) is 10.3 Å². The molecule has 0 aliphatic carbocycles. The first-order valence-corrected chi connectivity index (χ1v) is 11.4. The summed E-state index contributed by atoms with van der Waals surface area (Å²) >= 11 is 3.47. The Hall–Kier alpha value is -2.58. The summed E-state index contributed by atoms with van der Waals surface area (Å²) < 4.78 is 13.4. The normalized spacial score (nSPS) is 14.7. The number of hydrogen-bond donors (Lipinski definition) is 0. The van der Waals surface area contributed by atoms with Crippen molar-refractivity contribution < 1.29 is 9.47 Å². The zero-order chi connectivity index (χ0) is 19.8. The molecule has 0 radical (unpaired) electrons. The number of fused-ring (bicyclic) bond motifs is 2. The minimum absolute atomic E-state index is 0.651. The van der Waals surface area contributed by atoms with Crippen molar-refractivity contribution in [3.05, 3.63) is 36.4 Å². The molecule has 150 valence electrons. The Balaban J connectivity index is 1.32. The summed E-state index contributed by atoms with van der Waals surface area (Å²) in [5.74, 6) is 1.75. The first-order valence-electron chi connectivity index (χ1n) is 9.72. The van der Waals surface area contributed by atoms with Crippen molar-refractivity contribution in [3.8, 4) is 11.5 Å². The van der Waals surface area contributed by atoms with Gasteiger partial charge >= 0.3 is 0 Å². The summed E-state index contributed by atoms with van der Waals surface area (Å²) in [7, 11) is 1.70. The molecule has 0 bridgehead atoms. The minimum Gasteiger partial charge on any atom is -0.497 e. The third-order valence-electron chi connectivity index (χ3n) is 5.08. The van der Waals surface area contributed by atoms with E-state index in [0.717, 1.165) is 63.7 Å². The Labute approximate surface area is 177 Å². The topological polar surface area (TPSA) is 50.7 Å². The number of nitrogens with zero attached hydrogens (tertiary/aromatic N) is 4. The molecule has 0 spiro atoms. The van der Waals surface area contributed by atoms with E-state index in [4.69, 9.17) is 19.4 Å². The molecule has 1 saturated heterocycles. The van der Waals surface area contributed by atoms with Crippen molar-refractivity contribution in [1.82, 2.24) is 9.97 Å². The summed E-state index contributed by atoms with van der Waals surface area (Å²) in [6.07, 6.45) is 0. The largest absolute Gasteiger partial charge is 0.497 e. The first-order chi connectivity index (χ1) is 14.2. The Morgan fingerprint density at radius 2 is 1.66 bits per heavy atom. The Kier molecular flexibility index (Phi) is 4.89. The molecule has 0 atom stereocenters. The van der Waals surface area contributed by atoms with Crippen LogP contribution in [0.25, 0.3) is 20.4 Å². The molecule has 0 unspecified atom stereocenters. The van der Waals surface area contributed by atoms with Crippen LogP contribution < -0.4 is 19.3 Å². The average molecular weight is 427 g/mol. The summed E-state index contributed by atoms with van der Waals surface area (Å²) in [5, 5.41) is 2.15. The van der Waals surface area contributed by atoms with E-state index in [2.05, 4.69) is 21.9 Å². The SMILES string of the molecule is CCOc1cccc2sc(N3CCN(c4nc5ccc(OC)cc5s4)CC3)nc12. The fourth-order valence-electron chi connectivity index (χ4n) is 3.56. The molecule has 8 heteroatoms.